The van der Waals surface area contributed by atoms with Crippen LogP contribution in [0.3, 0.4) is 0 Å². The van der Waals surface area contributed by atoms with Gasteiger partial charge in [-0.2, -0.15) is 0 Å². The molecule has 0 aliphatic heterocycles. The fourth-order valence-electron chi connectivity index (χ4n) is 2.27. The lowest BCUT2D eigenvalue weighted by Gasteiger charge is -2.04. The Labute approximate surface area is 126 Å². The highest BCUT2D eigenvalue weighted by molar-refractivity contribution is 6.33. The molecule has 0 aliphatic rings. The number of halogens is 2. The number of hydrogen-bond donors (Lipinski definition) is 0. The Hall–Kier alpha value is -0.890. The Balaban J connectivity index is 2.17. The van der Waals surface area contributed by atoms with Crippen LogP contribution in [0.1, 0.15) is 75.1 Å². The Morgan fingerprint density at radius 1 is 1.05 bits per heavy atom. The average molecular weight is 299 g/mol. The summed E-state index contributed by atoms with van der Waals surface area (Å²) in [5.41, 5.74) is 0.441. The maximum absolute atomic E-state index is 12.9. The molecule has 0 saturated carbocycles. The van der Waals surface area contributed by atoms with Gasteiger partial charge in [0.2, 0.25) is 0 Å². The predicted octanol–water partition coefficient (Wildman–Crippen LogP) is 6.19. The first kappa shape index (κ1) is 17.2. The molecule has 0 spiro atoms. The summed E-state index contributed by atoms with van der Waals surface area (Å²) in [6.45, 7) is 2.21. The molecule has 0 bridgehead atoms. The first-order valence-corrected chi connectivity index (χ1v) is 8.01. The number of carbonyl (C=O) groups is 1. The van der Waals surface area contributed by atoms with Crippen LogP contribution < -0.4 is 0 Å². The SMILES string of the molecule is CCCCCCCCCCC(=O)c1ccc(F)cc1Cl. The normalized spacial score (nSPS) is 10.8. The van der Waals surface area contributed by atoms with Crippen molar-refractivity contribution in [2.45, 2.75) is 64.7 Å². The van der Waals surface area contributed by atoms with Crippen molar-refractivity contribution in [2.24, 2.45) is 0 Å². The zero-order valence-electron chi connectivity index (χ0n) is 12.3. The topological polar surface area (TPSA) is 17.1 Å². The molecule has 1 aromatic rings. The van der Waals surface area contributed by atoms with Crippen molar-refractivity contribution in [3.05, 3.63) is 34.6 Å². The van der Waals surface area contributed by atoms with Crippen molar-refractivity contribution in [1.29, 1.82) is 0 Å². The summed E-state index contributed by atoms with van der Waals surface area (Å²) in [5.74, 6) is -0.389. The molecule has 20 heavy (non-hydrogen) atoms. The number of unbranched alkanes of at least 4 members (excludes halogenated alkanes) is 7. The molecule has 0 unspecified atom stereocenters. The molecule has 1 rings (SSSR count). The van der Waals surface area contributed by atoms with Crippen LogP contribution in [0.15, 0.2) is 18.2 Å². The van der Waals surface area contributed by atoms with E-state index >= 15 is 0 Å². The van der Waals surface area contributed by atoms with Crippen LogP contribution in [0.2, 0.25) is 5.02 Å². The van der Waals surface area contributed by atoms with Gasteiger partial charge in [0.25, 0.3) is 0 Å². The van der Waals surface area contributed by atoms with Crippen LogP contribution >= 0.6 is 11.6 Å². The number of carbonyl (C=O) groups excluding carboxylic acids is 1. The minimum Gasteiger partial charge on any atom is -0.294 e. The van der Waals surface area contributed by atoms with E-state index in [1.807, 2.05) is 0 Å². The zero-order chi connectivity index (χ0) is 14.8. The lowest BCUT2D eigenvalue weighted by atomic mass is 10.0. The first-order chi connectivity index (χ1) is 9.65. The molecule has 1 aromatic carbocycles. The molecule has 1 nitrogen and oxygen atoms in total. The van der Waals surface area contributed by atoms with E-state index in [0.717, 1.165) is 12.8 Å². The van der Waals surface area contributed by atoms with E-state index in [1.54, 1.807) is 0 Å². The van der Waals surface area contributed by atoms with E-state index in [4.69, 9.17) is 11.6 Å². The average Bonchev–Trinajstić information content (AvgIpc) is 2.41. The van der Waals surface area contributed by atoms with Gasteiger partial charge in [-0.15, -0.1) is 0 Å². The second-order valence-electron chi connectivity index (χ2n) is 5.27. The maximum Gasteiger partial charge on any atom is 0.164 e. The summed E-state index contributed by atoms with van der Waals surface area (Å²) in [4.78, 5) is 11.9. The monoisotopic (exact) mass is 298 g/mol. The molecule has 0 N–H and O–H groups in total. The number of rotatable bonds is 10. The van der Waals surface area contributed by atoms with E-state index in [-0.39, 0.29) is 10.8 Å². The van der Waals surface area contributed by atoms with E-state index in [0.29, 0.717) is 12.0 Å². The van der Waals surface area contributed by atoms with Crippen molar-refractivity contribution in [3.63, 3.8) is 0 Å². The quantitative estimate of drug-likeness (QED) is 0.371. The molecule has 0 atom stereocenters. The van der Waals surface area contributed by atoms with E-state index in [9.17, 15) is 9.18 Å². The number of ketones is 1. The van der Waals surface area contributed by atoms with Crippen molar-refractivity contribution in [3.8, 4) is 0 Å². The molecule has 0 aliphatic carbocycles. The molecule has 0 amide bonds. The fourth-order valence-corrected chi connectivity index (χ4v) is 2.54. The molecular weight excluding hydrogens is 275 g/mol. The van der Waals surface area contributed by atoms with Gasteiger partial charge in [0, 0.05) is 12.0 Å². The highest BCUT2D eigenvalue weighted by Gasteiger charge is 2.10. The van der Waals surface area contributed by atoms with Gasteiger partial charge in [-0.25, -0.2) is 4.39 Å². The summed E-state index contributed by atoms with van der Waals surface area (Å²) in [6.07, 6.45) is 10.1. The molecule has 3 heteroatoms. The second kappa shape index (κ2) is 9.93. The Morgan fingerprint density at radius 2 is 1.65 bits per heavy atom. The van der Waals surface area contributed by atoms with Crippen molar-refractivity contribution >= 4 is 17.4 Å². The van der Waals surface area contributed by atoms with Crippen LogP contribution in [-0.2, 0) is 0 Å². The minimum absolute atomic E-state index is 0.0148. The Bertz CT molecular complexity index is 417. The van der Waals surface area contributed by atoms with E-state index in [2.05, 4.69) is 6.92 Å². The zero-order valence-corrected chi connectivity index (χ0v) is 13.0. The van der Waals surface area contributed by atoms with Gasteiger partial charge in [-0.1, -0.05) is 63.5 Å². The van der Waals surface area contributed by atoms with Gasteiger partial charge >= 0.3 is 0 Å². The van der Waals surface area contributed by atoms with Gasteiger partial charge in [0.1, 0.15) is 5.82 Å². The molecule has 0 heterocycles. The molecule has 0 saturated heterocycles. The third-order valence-electron chi connectivity index (χ3n) is 3.49. The van der Waals surface area contributed by atoms with E-state index in [1.165, 1.54) is 56.7 Å². The molecular formula is C17H24ClFO. The standard InChI is InChI=1S/C17H24ClFO/c1-2-3-4-5-6-7-8-9-10-17(20)15-12-11-14(19)13-16(15)18/h11-13H,2-10H2,1H3. The van der Waals surface area contributed by atoms with Gasteiger partial charge in [0.15, 0.2) is 5.78 Å². The number of Topliss-reactive ketones (excluding diaryl/α,β-unsaturated/α-hetero) is 1. The van der Waals surface area contributed by atoms with Crippen molar-refractivity contribution < 1.29 is 9.18 Å². The fraction of sp³-hybridized carbons (Fsp3) is 0.588. The van der Waals surface area contributed by atoms with Crippen LogP contribution in [0, 0.1) is 5.82 Å². The summed E-state index contributed by atoms with van der Waals surface area (Å²) in [5, 5.41) is 0.217. The van der Waals surface area contributed by atoms with Crippen LogP contribution in [0.5, 0.6) is 0 Å². The Kier molecular flexibility index (Phi) is 8.52. The van der Waals surface area contributed by atoms with E-state index < -0.39 is 5.82 Å². The molecule has 0 radical (unpaired) electrons. The van der Waals surface area contributed by atoms with Crippen LogP contribution in [-0.4, -0.2) is 5.78 Å². The smallest absolute Gasteiger partial charge is 0.164 e. The van der Waals surface area contributed by atoms with Crippen LogP contribution in [0.4, 0.5) is 4.39 Å². The molecule has 0 fully saturated rings. The lowest BCUT2D eigenvalue weighted by molar-refractivity contribution is 0.0979. The van der Waals surface area contributed by atoms with Gasteiger partial charge in [0.05, 0.1) is 5.02 Å². The largest absolute Gasteiger partial charge is 0.294 e. The van der Waals surface area contributed by atoms with Gasteiger partial charge in [-0.05, 0) is 24.6 Å². The van der Waals surface area contributed by atoms with Crippen LogP contribution in [0.25, 0.3) is 0 Å². The third kappa shape index (κ3) is 6.51. The highest BCUT2D eigenvalue weighted by atomic mass is 35.5. The summed E-state index contributed by atoms with van der Waals surface area (Å²) < 4.78 is 12.9. The lowest BCUT2D eigenvalue weighted by Crippen LogP contribution is -2.00. The second-order valence-corrected chi connectivity index (χ2v) is 5.68. The van der Waals surface area contributed by atoms with Gasteiger partial charge in [-0.3, -0.25) is 4.79 Å². The molecule has 112 valence electrons. The Morgan fingerprint density at radius 3 is 2.25 bits per heavy atom. The summed E-state index contributed by atoms with van der Waals surface area (Å²) in [6, 6.07) is 3.96. The number of benzene rings is 1. The van der Waals surface area contributed by atoms with Crippen molar-refractivity contribution in [2.75, 3.05) is 0 Å². The highest BCUT2D eigenvalue weighted by Crippen LogP contribution is 2.20. The number of hydrogen-bond acceptors (Lipinski definition) is 1. The van der Waals surface area contributed by atoms with Crippen molar-refractivity contribution in [1.82, 2.24) is 0 Å². The first-order valence-electron chi connectivity index (χ1n) is 7.63. The minimum atomic E-state index is -0.404. The molecule has 0 aromatic heterocycles. The maximum atomic E-state index is 12.9. The summed E-state index contributed by atoms with van der Waals surface area (Å²) in [7, 11) is 0. The van der Waals surface area contributed by atoms with Gasteiger partial charge < -0.3 is 0 Å². The third-order valence-corrected chi connectivity index (χ3v) is 3.80. The predicted molar refractivity (Wildman–Crippen MR) is 83.0 cm³/mol. The summed E-state index contributed by atoms with van der Waals surface area (Å²) >= 11 is 5.87.